The maximum Gasteiger partial charge on any atom is 0.107 e. The van der Waals surface area contributed by atoms with Gasteiger partial charge in [0.2, 0.25) is 0 Å². The zero-order valence-corrected chi connectivity index (χ0v) is 12.9. The summed E-state index contributed by atoms with van der Waals surface area (Å²) in [5.74, 6) is 0.640. The number of hydrogen-bond acceptors (Lipinski definition) is 4. The first-order valence-corrected chi connectivity index (χ1v) is 8.63. The first kappa shape index (κ1) is 13.5. The Morgan fingerprint density at radius 3 is 3.00 bits per heavy atom. The summed E-state index contributed by atoms with van der Waals surface area (Å²) in [7, 11) is 0. The van der Waals surface area contributed by atoms with Crippen molar-refractivity contribution in [2.75, 3.05) is 13.2 Å². The van der Waals surface area contributed by atoms with Crippen molar-refractivity contribution in [2.45, 2.75) is 38.1 Å². The molecule has 3 atom stereocenters. The molecule has 3 heterocycles. The van der Waals surface area contributed by atoms with Crippen molar-refractivity contribution in [3.63, 3.8) is 0 Å². The van der Waals surface area contributed by atoms with Crippen molar-refractivity contribution in [1.82, 2.24) is 14.5 Å². The Hall–Kier alpha value is -1.17. The van der Waals surface area contributed by atoms with Crippen LogP contribution in [0.3, 0.4) is 0 Å². The monoisotopic (exact) mass is 303 g/mol. The topological polar surface area (TPSA) is 30.3 Å². The van der Waals surface area contributed by atoms with Gasteiger partial charge in [-0.3, -0.25) is 4.90 Å². The largest absolute Gasteiger partial charge is 0.375 e. The second kappa shape index (κ2) is 5.91. The van der Waals surface area contributed by atoms with Crippen LogP contribution in [-0.2, 0) is 17.8 Å². The van der Waals surface area contributed by atoms with Gasteiger partial charge in [-0.1, -0.05) is 0 Å². The number of nitrogens with zero attached hydrogens (tertiary/aromatic N) is 3. The molecule has 2 fully saturated rings. The van der Waals surface area contributed by atoms with E-state index in [9.17, 15) is 0 Å². The third kappa shape index (κ3) is 2.78. The van der Waals surface area contributed by atoms with Crippen LogP contribution in [0.2, 0.25) is 0 Å². The summed E-state index contributed by atoms with van der Waals surface area (Å²) < 4.78 is 8.43. The van der Waals surface area contributed by atoms with E-state index in [1.165, 1.54) is 17.8 Å². The van der Waals surface area contributed by atoms with Crippen molar-refractivity contribution in [1.29, 1.82) is 0 Å². The normalized spacial score (nSPS) is 29.6. The van der Waals surface area contributed by atoms with Crippen molar-refractivity contribution >= 4 is 11.3 Å². The number of rotatable bonds is 4. The Bertz CT molecular complexity index is 554. The van der Waals surface area contributed by atoms with Crippen LogP contribution >= 0.6 is 11.3 Å². The molecule has 2 aromatic heterocycles. The Labute approximate surface area is 129 Å². The SMILES string of the molecule is c1ccn(C[C@@H]2CC[C@H]3[C@H]2OCCN3Cc2nccs2)c1. The Kier molecular flexibility index (Phi) is 3.80. The summed E-state index contributed by atoms with van der Waals surface area (Å²) in [6.07, 6.45) is 9.12. The van der Waals surface area contributed by atoms with Gasteiger partial charge in [-0.15, -0.1) is 11.3 Å². The second-order valence-electron chi connectivity index (χ2n) is 6.02. The van der Waals surface area contributed by atoms with E-state index in [0.29, 0.717) is 18.1 Å². The minimum atomic E-state index is 0.390. The zero-order chi connectivity index (χ0) is 14.1. The molecule has 0 unspecified atom stereocenters. The smallest absolute Gasteiger partial charge is 0.107 e. The highest BCUT2D eigenvalue weighted by Crippen LogP contribution is 2.36. The van der Waals surface area contributed by atoms with E-state index in [2.05, 4.69) is 44.4 Å². The van der Waals surface area contributed by atoms with Gasteiger partial charge in [-0.25, -0.2) is 4.98 Å². The molecule has 0 spiro atoms. The molecule has 2 aliphatic rings. The van der Waals surface area contributed by atoms with Crippen LogP contribution in [0.15, 0.2) is 36.1 Å². The maximum atomic E-state index is 6.14. The number of hydrogen-bond donors (Lipinski definition) is 0. The van der Waals surface area contributed by atoms with Crippen LogP contribution in [-0.4, -0.2) is 39.7 Å². The van der Waals surface area contributed by atoms with Crippen molar-refractivity contribution in [2.24, 2.45) is 5.92 Å². The van der Waals surface area contributed by atoms with Crippen molar-refractivity contribution in [3.05, 3.63) is 41.1 Å². The number of ether oxygens (including phenoxy) is 1. The summed E-state index contributed by atoms with van der Waals surface area (Å²) in [5, 5.41) is 3.29. The van der Waals surface area contributed by atoms with Crippen molar-refractivity contribution in [3.8, 4) is 0 Å². The average Bonchev–Trinajstić information content (AvgIpc) is 3.22. The van der Waals surface area contributed by atoms with E-state index >= 15 is 0 Å². The van der Waals surface area contributed by atoms with Gasteiger partial charge < -0.3 is 9.30 Å². The molecule has 112 valence electrons. The molecule has 0 aromatic carbocycles. The molecule has 1 aliphatic heterocycles. The van der Waals surface area contributed by atoms with Gasteiger partial charge in [0.05, 0.1) is 19.3 Å². The molecular formula is C16H21N3OS. The van der Waals surface area contributed by atoms with Crippen LogP contribution in [0.1, 0.15) is 17.8 Å². The second-order valence-corrected chi connectivity index (χ2v) is 7.00. The fourth-order valence-electron chi connectivity index (χ4n) is 3.80. The first-order valence-electron chi connectivity index (χ1n) is 7.75. The van der Waals surface area contributed by atoms with Gasteiger partial charge in [0.25, 0.3) is 0 Å². The summed E-state index contributed by atoms with van der Waals surface area (Å²) in [5.41, 5.74) is 0. The van der Waals surface area contributed by atoms with E-state index in [1.54, 1.807) is 11.3 Å². The number of morpholine rings is 1. The van der Waals surface area contributed by atoms with Crippen LogP contribution < -0.4 is 0 Å². The molecule has 4 nitrogen and oxygen atoms in total. The standard InChI is InChI=1S/C16H21N3OS/c1-2-7-18(6-1)11-13-3-4-14-16(13)20-9-8-19(14)12-15-17-5-10-21-15/h1-2,5-7,10,13-14,16H,3-4,8-9,11-12H2/t13-,14-,16-/m0/s1. The molecular weight excluding hydrogens is 282 g/mol. The fraction of sp³-hybridized carbons (Fsp3) is 0.562. The van der Waals surface area contributed by atoms with Gasteiger partial charge >= 0.3 is 0 Å². The highest BCUT2D eigenvalue weighted by Gasteiger charge is 2.42. The van der Waals surface area contributed by atoms with E-state index < -0.39 is 0 Å². The lowest BCUT2D eigenvalue weighted by atomic mass is 10.0. The number of fused-ring (bicyclic) bond motifs is 1. The quantitative estimate of drug-likeness (QED) is 0.870. The summed E-state index contributed by atoms with van der Waals surface area (Å²) >= 11 is 1.76. The van der Waals surface area contributed by atoms with Gasteiger partial charge in [-0.05, 0) is 25.0 Å². The molecule has 0 N–H and O–H groups in total. The third-order valence-electron chi connectivity index (χ3n) is 4.77. The Balaban J connectivity index is 1.44. The van der Waals surface area contributed by atoms with Gasteiger partial charge in [-0.2, -0.15) is 0 Å². The van der Waals surface area contributed by atoms with E-state index in [1.807, 2.05) is 6.20 Å². The van der Waals surface area contributed by atoms with E-state index in [0.717, 1.165) is 26.2 Å². The van der Waals surface area contributed by atoms with Crippen LogP contribution in [0.25, 0.3) is 0 Å². The molecule has 1 saturated carbocycles. The molecule has 2 aromatic rings. The molecule has 5 heteroatoms. The number of thiazole rings is 1. The van der Waals surface area contributed by atoms with Crippen LogP contribution in [0.5, 0.6) is 0 Å². The summed E-state index contributed by atoms with van der Waals surface area (Å²) in [6, 6.07) is 4.77. The molecule has 0 amide bonds. The van der Waals surface area contributed by atoms with Gasteiger partial charge in [0, 0.05) is 49.0 Å². The summed E-state index contributed by atoms with van der Waals surface area (Å²) in [4.78, 5) is 7.02. The minimum Gasteiger partial charge on any atom is -0.375 e. The zero-order valence-electron chi connectivity index (χ0n) is 12.1. The van der Waals surface area contributed by atoms with E-state index in [-0.39, 0.29) is 0 Å². The minimum absolute atomic E-state index is 0.390. The molecule has 0 radical (unpaired) electrons. The molecule has 21 heavy (non-hydrogen) atoms. The van der Waals surface area contributed by atoms with Gasteiger partial charge in [0.1, 0.15) is 5.01 Å². The Morgan fingerprint density at radius 2 is 2.19 bits per heavy atom. The Morgan fingerprint density at radius 1 is 1.29 bits per heavy atom. The predicted molar refractivity (Wildman–Crippen MR) is 83.2 cm³/mol. The predicted octanol–water partition coefficient (Wildman–Crippen LogP) is 2.62. The third-order valence-corrected chi connectivity index (χ3v) is 5.53. The summed E-state index contributed by atoms with van der Waals surface area (Å²) in [6.45, 7) is 3.96. The molecule has 0 bridgehead atoms. The maximum absolute atomic E-state index is 6.14. The molecule has 1 saturated heterocycles. The van der Waals surface area contributed by atoms with Gasteiger partial charge in [0.15, 0.2) is 0 Å². The van der Waals surface area contributed by atoms with Crippen LogP contribution in [0.4, 0.5) is 0 Å². The van der Waals surface area contributed by atoms with E-state index in [4.69, 9.17) is 4.74 Å². The van der Waals surface area contributed by atoms with Crippen molar-refractivity contribution < 1.29 is 4.74 Å². The lowest BCUT2D eigenvalue weighted by Crippen LogP contribution is -2.50. The lowest BCUT2D eigenvalue weighted by Gasteiger charge is -2.39. The molecule has 4 rings (SSSR count). The lowest BCUT2D eigenvalue weighted by molar-refractivity contribution is -0.0785. The highest BCUT2D eigenvalue weighted by molar-refractivity contribution is 7.09. The fourth-order valence-corrected chi connectivity index (χ4v) is 4.44. The molecule has 1 aliphatic carbocycles. The van der Waals surface area contributed by atoms with Crippen LogP contribution in [0, 0.1) is 5.92 Å². The number of aromatic nitrogens is 2. The highest BCUT2D eigenvalue weighted by atomic mass is 32.1. The first-order chi connectivity index (χ1) is 10.4. The average molecular weight is 303 g/mol.